The van der Waals surface area contributed by atoms with E-state index >= 15 is 0 Å². The number of methoxy groups -OCH3 is 1. The van der Waals surface area contributed by atoms with Crippen LogP contribution in [0, 0.1) is 0 Å². The van der Waals surface area contributed by atoms with Gasteiger partial charge in [-0.15, -0.1) is 0 Å². The van der Waals surface area contributed by atoms with Crippen molar-refractivity contribution in [3.05, 3.63) is 41.5 Å². The molecule has 2 unspecified atom stereocenters. The second kappa shape index (κ2) is 10.6. The van der Waals surface area contributed by atoms with Crippen LogP contribution in [0.3, 0.4) is 0 Å². The molecule has 172 valence electrons. The van der Waals surface area contributed by atoms with Crippen LogP contribution in [0.1, 0.15) is 36.5 Å². The molecule has 0 aliphatic carbocycles. The summed E-state index contributed by atoms with van der Waals surface area (Å²) in [5.41, 5.74) is 1.81. The van der Waals surface area contributed by atoms with Gasteiger partial charge in [-0.1, -0.05) is 12.1 Å². The number of benzene rings is 1. The van der Waals surface area contributed by atoms with Crippen LogP contribution in [-0.2, 0) is 40.4 Å². The van der Waals surface area contributed by atoms with Crippen molar-refractivity contribution in [3.8, 4) is 0 Å². The number of guanidine groups is 1. The Morgan fingerprint density at radius 1 is 1.38 bits per heavy atom. The molecule has 10 nitrogen and oxygen atoms in total. The molecule has 1 fully saturated rings. The summed E-state index contributed by atoms with van der Waals surface area (Å²) in [6, 6.07) is 8.01. The Bertz CT molecular complexity index is 953. The Morgan fingerprint density at radius 2 is 2.28 bits per heavy atom. The average Bonchev–Trinajstić information content (AvgIpc) is 3.47. The maximum Gasteiger partial charge on any atom is 0.253 e. The first-order chi connectivity index (χ1) is 15.6. The second-order valence-electron chi connectivity index (χ2n) is 8.06. The molecule has 3 heterocycles. The quantitative estimate of drug-likeness (QED) is 0.437. The summed E-state index contributed by atoms with van der Waals surface area (Å²) in [6.45, 7) is 2.40. The van der Waals surface area contributed by atoms with Crippen molar-refractivity contribution in [2.24, 2.45) is 4.99 Å². The zero-order chi connectivity index (χ0) is 22.3. The van der Waals surface area contributed by atoms with E-state index in [1.54, 1.807) is 14.2 Å². The first-order valence-corrected chi connectivity index (χ1v) is 11.0. The fourth-order valence-corrected chi connectivity index (χ4v) is 4.01. The van der Waals surface area contributed by atoms with E-state index in [9.17, 15) is 4.79 Å². The summed E-state index contributed by atoms with van der Waals surface area (Å²) >= 11 is 0. The number of ether oxygens (including phenoxy) is 2. The summed E-state index contributed by atoms with van der Waals surface area (Å²) in [5.74, 6) is 2.37. The standard InChI is InChI=1S/C22H31N7O3/c1-23-22(26-17-8-9-20-27-19(14-31-2)28-29(20)13-17)24-12-15-5-3-6-16(11-15)25-21(30)18-7-4-10-32-18/h3,5-6,11,17-18H,4,7-10,12-14H2,1-2H3,(H,25,30)(H2,23,24,26). The molecule has 0 radical (unpaired) electrons. The van der Waals surface area contributed by atoms with E-state index in [0.29, 0.717) is 19.8 Å². The molecule has 0 spiro atoms. The van der Waals surface area contributed by atoms with Crippen molar-refractivity contribution >= 4 is 17.6 Å². The number of carbonyl (C=O) groups excluding carboxylic acids is 1. The lowest BCUT2D eigenvalue weighted by atomic mass is 10.1. The van der Waals surface area contributed by atoms with Gasteiger partial charge >= 0.3 is 0 Å². The van der Waals surface area contributed by atoms with Gasteiger partial charge in [0.15, 0.2) is 11.8 Å². The molecule has 2 atom stereocenters. The number of amides is 1. The molecule has 2 aliphatic heterocycles. The molecular weight excluding hydrogens is 410 g/mol. The van der Waals surface area contributed by atoms with Crippen molar-refractivity contribution in [1.82, 2.24) is 25.4 Å². The van der Waals surface area contributed by atoms with E-state index in [1.165, 1.54) is 0 Å². The van der Waals surface area contributed by atoms with Gasteiger partial charge in [-0.2, -0.15) is 5.10 Å². The molecule has 2 aromatic rings. The summed E-state index contributed by atoms with van der Waals surface area (Å²) in [6.07, 6.45) is 3.18. The molecule has 4 rings (SSSR count). The number of nitrogens with zero attached hydrogens (tertiary/aromatic N) is 4. The van der Waals surface area contributed by atoms with Gasteiger partial charge in [0.1, 0.15) is 18.5 Å². The number of aliphatic imine (C=N–C) groups is 1. The average molecular weight is 442 g/mol. The van der Waals surface area contributed by atoms with Crippen molar-refractivity contribution in [3.63, 3.8) is 0 Å². The summed E-state index contributed by atoms with van der Waals surface area (Å²) < 4.78 is 12.5. The van der Waals surface area contributed by atoms with E-state index in [1.807, 2.05) is 28.9 Å². The fraction of sp³-hybridized carbons (Fsp3) is 0.545. The number of carbonyl (C=O) groups is 1. The maximum absolute atomic E-state index is 12.3. The highest BCUT2D eigenvalue weighted by atomic mass is 16.5. The molecule has 1 aromatic carbocycles. The van der Waals surface area contributed by atoms with Gasteiger partial charge in [0, 0.05) is 45.5 Å². The number of aromatic nitrogens is 3. The molecule has 3 N–H and O–H groups in total. The van der Waals surface area contributed by atoms with Crippen LogP contribution in [0.4, 0.5) is 5.69 Å². The predicted octanol–water partition coefficient (Wildman–Crippen LogP) is 1.22. The summed E-state index contributed by atoms with van der Waals surface area (Å²) in [4.78, 5) is 21.2. The van der Waals surface area contributed by atoms with E-state index < -0.39 is 0 Å². The molecule has 1 saturated heterocycles. The zero-order valence-corrected chi connectivity index (χ0v) is 18.6. The highest BCUT2D eigenvalue weighted by Gasteiger charge is 2.24. The number of anilines is 1. The first kappa shape index (κ1) is 22.2. The smallest absolute Gasteiger partial charge is 0.253 e. The Balaban J connectivity index is 1.28. The van der Waals surface area contributed by atoms with Crippen LogP contribution < -0.4 is 16.0 Å². The monoisotopic (exact) mass is 441 g/mol. The van der Waals surface area contributed by atoms with Crippen molar-refractivity contribution in [1.29, 1.82) is 0 Å². The SMILES string of the molecule is CN=C(NCc1cccc(NC(=O)C2CCCO2)c1)NC1CCc2nc(COC)nn2C1. The Hall–Kier alpha value is -2.98. The number of hydrogen-bond acceptors (Lipinski definition) is 6. The van der Waals surface area contributed by atoms with E-state index in [-0.39, 0.29) is 18.1 Å². The number of nitrogens with one attached hydrogen (secondary N) is 3. The molecule has 1 amide bonds. The second-order valence-corrected chi connectivity index (χ2v) is 8.06. The van der Waals surface area contributed by atoms with Crippen molar-refractivity contribution in [2.45, 2.75) is 57.5 Å². The lowest BCUT2D eigenvalue weighted by Gasteiger charge is -2.25. The van der Waals surface area contributed by atoms with Crippen LogP contribution in [0.25, 0.3) is 0 Å². The van der Waals surface area contributed by atoms with Crippen LogP contribution in [0.5, 0.6) is 0 Å². The van der Waals surface area contributed by atoms with E-state index in [4.69, 9.17) is 9.47 Å². The third kappa shape index (κ3) is 5.63. The fourth-order valence-electron chi connectivity index (χ4n) is 4.01. The molecular formula is C22H31N7O3. The molecule has 0 bridgehead atoms. The number of rotatable bonds is 7. The lowest BCUT2D eigenvalue weighted by molar-refractivity contribution is -0.124. The molecule has 2 aliphatic rings. The number of hydrogen-bond donors (Lipinski definition) is 3. The van der Waals surface area contributed by atoms with Crippen LogP contribution in [0.15, 0.2) is 29.3 Å². The Labute approximate surface area is 187 Å². The third-order valence-electron chi connectivity index (χ3n) is 5.62. The van der Waals surface area contributed by atoms with E-state index in [0.717, 1.165) is 61.1 Å². The molecule has 0 saturated carbocycles. The molecule has 32 heavy (non-hydrogen) atoms. The van der Waals surface area contributed by atoms with Gasteiger partial charge < -0.3 is 25.4 Å². The highest BCUT2D eigenvalue weighted by Crippen LogP contribution is 2.17. The largest absolute Gasteiger partial charge is 0.377 e. The molecule has 1 aromatic heterocycles. The van der Waals surface area contributed by atoms with Gasteiger partial charge in [0.25, 0.3) is 5.91 Å². The van der Waals surface area contributed by atoms with Crippen LogP contribution in [-0.4, -0.2) is 59.5 Å². The topological polar surface area (TPSA) is 115 Å². The normalized spacial score (nSPS) is 20.6. The van der Waals surface area contributed by atoms with Gasteiger partial charge in [-0.3, -0.25) is 9.79 Å². The van der Waals surface area contributed by atoms with Crippen molar-refractivity contribution < 1.29 is 14.3 Å². The summed E-state index contributed by atoms with van der Waals surface area (Å²) in [5, 5.41) is 14.3. The minimum atomic E-state index is -0.341. The van der Waals surface area contributed by atoms with Crippen LogP contribution >= 0.6 is 0 Å². The Morgan fingerprint density at radius 3 is 3.06 bits per heavy atom. The highest BCUT2D eigenvalue weighted by molar-refractivity contribution is 5.94. The summed E-state index contributed by atoms with van der Waals surface area (Å²) in [7, 11) is 3.40. The minimum absolute atomic E-state index is 0.0801. The first-order valence-electron chi connectivity index (χ1n) is 11.0. The van der Waals surface area contributed by atoms with Crippen molar-refractivity contribution in [2.75, 3.05) is 26.1 Å². The van der Waals surface area contributed by atoms with Gasteiger partial charge in [0.05, 0.1) is 6.54 Å². The van der Waals surface area contributed by atoms with Gasteiger partial charge in [0.2, 0.25) is 0 Å². The number of fused-ring (bicyclic) bond motifs is 1. The minimum Gasteiger partial charge on any atom is -0.377 e. The zero-order valence-electron chi connectivity index (χ0n) is 18.6. The lowest BCUT2D eigenvalue weighted by Crippen LogP contribution is -2.46. The van der Waals surface area contributed by atoms with Crippen LogP contribution in [0.2, 0.25) is 0 Å². The third-order valence-corrected chi connectivity index (χ3v) is 5.62. The molecule has 10 heteroatoms. The van der Waals surface area contributed by atoms with Gasteiger partial charge in [-0.05, 0) is 37.0 Å². The maximum atomic E-state index is 12.3. The number of aryl methyl sites for hydroxylation is 1. The Kier molecular flexibility index (Phi) is 7.33. The van der Waals surface area contributed by atoms with Gasteiger partial charge in [-0.25, -0.2) is 9.67 Å². The predicted molar refractivity (Wildman–Crippen MR) is 120 cm³/mol. The van der Waals surface area contributed by atoms with E-state index in [2.05, 4.69) is 31.0 Å².